The Balaban J connectivity index is 2.58. The van der Waals surface area contributed by atoms with E-state index in [4.69, 9.17) is 0 Å². The molecule has 0 aromatic heterocycles. The summed E-state index contributed by atoms with van der Waals surface area (Å²) in [5.41, 5.74) is 1.25. The van der Waals surface area contributed by atoms with Crippen molar-refractivity contribution < 1.29 is 5.11 Å². The molecule has 1 N–H and O–H groups in total. The maximum atomic E-state index is 9.62. The summed E-state index contributed by atoms with van der Waals surface area (Å²) < 4.78 is 1.25. The monoisotopic (exact) mass is 290 g/mol. The van der Waals surface area contributed by atoms with E-state index in [2.05, 4.69) is 41.6 Å². The molecule has 1 unspecified atom stereocenters. The van der Waals surface area contributed by atoms with Gasteiger partial charge in [-0.3, -0.25) is 0 Å². The largest absolute Gasteiger partial charge is 0.393 e. The van der Waals surface area contributed by atoms with E-state index in [0.717, 1.165) is 19.3 Å². The predicted octanol–water partition coefficient (Wildman–Crippen LogP) is 2.99. The second-order valence-electron chi connectivity index (χ2n) is 3.24. The van der Waals surface area contributed by atoms with Crippen molar-refractivity contribution in [1.82, 2.24) is 0 Å². The third-order valence-electron chi connectivity index (χ3n) is 2.04. The average molecular weight is 290 g/mol. The average Bonchev–Trinajstić information content (AvgIpc) is 2.09. The molecular formula is C11H15IO. The summed E-state index contributed by atoms with van der Waals surface area (Å²) >= 11 is 2.31. The van der Waals surface area contributed by atoms with Crippen LogP contribution in [0.3, 0.4) is 0 Å². The topological polar surface area (TPSA) is 20.2 Å². The maximum absolute atomic E-state index is 9.62. The minimum Gasteiger partial charge on any atom is -0.393 e. The lowest BCUT2D eigenvalue weighted by atomic mass is 10.1. The predicted molar refractivity (Wildman–Crippen MR) is 63.8 cm³/mol. The van der Waals surface area contributed by atoms with Crippen molar-refractivity contribution in [2.75, 3.05) is 0 Å². The molecule has 0 saturated heterocycles. The fourth-order valence-electron chi connectivity index (χ4n) is 1.35. The zero-order valence-electron chi connectivity index (χ0n) is 7.83. The maximum Gasteiger partial charge on any atom is 0.0580 e. The second kappa shape index (κ2) is 5.60. The van der Waals surface area contributed by atoms with E-state index in [1.54, 1.807) is 0 Å². The summed E-state index contributed by atoms with van der Waals surface area (Å²) in [6, 6.07) is 8.21. The molecule has 0 radical (unpaired) electrons. The number of aliphatic hydroxyl groups excluding tert-OH is 1. The van der Waals surface area contributed by atoms with Crippen LogP contribution in [0.2, 0.25) is 0 Å². The van der Waals surface area contributed by atoms with Gasteiger partial charge in [0.05, 0.1) is 6.10 Å². The molecule has 72 valence electrons. The number of aliphatic hydroxyl groups is 1. The third kappa shape index (κ3) is 3.65. The second-order valence-corrected chi connectivity index (χ2v) is 4.40. The molecule has 2 heteroatoms. The van der Waals surface area contributed by atoms with Crippen molar-refractivity contribution in [3.05, 3.63) is 33.4 Å². The Hall–Kier alpha value is -0.0900. The van der Waals surface area contributed by atoms with Crippen LogP contribution in [-0.4, -0.2) is 11.2 Å². The Morgan fingerprint density at radius 2 is 2.08 bits per heavy atom. The van der Waals surface area contributed by atoms with Gasteiger partial charge in [-0.1, -0.05) is 31.5 Å². The minimum absolute atomic E-state index is 0.180. The quantitative estimate of drug-likeness (QED) is 0.845. The Morgan fingerprint density at radius 1 is 1.38 bits per heavy atom. The lowest BCUT2D eigenvalue weighted by Gasteiger charge is -2.10. The van der Waals surface area contributed by atoms with Crippen LogP contribution in [0.4, 0.5) is 0 Å². The lowest BCUT2D eigenvalue weighted by molar-refractivity contribution is 0.163. The summed E-state index contributed by atoms with van der Waals surface area (Å²) in [5.74, 6) is 0. The molecule has 0 heterocycles. The fraction of sp³-hybridized carbons (Fsp3) is 0.455. The Morgan fingerprint density at radius 3 is 2.69 bits per heavy atom. The first-order chi connectivity index (χ1) is 6.24. The zero-order chi connectivity index (χ0) is 9.68. The van der Waals surface area contributed by atoms with Gasteiger partial charge in [0.15, 0.2) is 0 Å². The molecule has 0 aliphatic rings. The molecular weight excluding hydrogens is 275 g/mol. The van der Waals surface area contributed by atoms with Gasteiger partial charge in [0.2, 0.25) is 0 Å². The van der Waals surface area contributed by atoms with Crippen LogP contribution < -0.4 is 0 Å². The van der Waals surface area contributed by atoms with Gasteiger partial charge in [0.25, 0.3) is 0 Å². The molecule has 0 bridgehead atoms. The van der Waals surface area contributed by atoms with Crippen LogP contribution in [0.15, 0.2) is 24.3 Å². The van der Waals surface area contributed by atoms with Gasteiger partial charge in [-0.2, -0.15) is 0 Å². The summed E-state index contributed by atoms with van der Waals surface area (Å²) in [4.78, 5) is 0. The number of rotatable bonds is 4. The van der Waals surface area contributed by atoms with Gasteiger partial charge in [-0.15, -0.1) is 0 Å². The molecule has 0 spiro atoms. The highest BCUT2D eigenvalue weighted by atomic mass is 127. The van der Waals surface area contributed by atoms with Crippen molar-refractivity contribution in [2.24, 2.45) is 0 Å². The van der Waals surface area contributed by atoms with Gasteiger partial charge in [0.1, 0.15) is 0 Å². The zero-order valence-corrected chi connectivity index (χ0v) is 9.99. The van der Waals surface area contributed by atoms with E-state index >= 15 is 0 Å². The summed E-state index contributed by atoms with van der Waals surface area (Å²) in [6.07, 6.45) is 2.55. The normalized spacial score (nSPS) is 12.8. The van der Waals surface area contributed by atoms with Crippen molar-refractivity contribution in [2.45, 2.75) is 32.3 Å². The molecule has 0 fully saturated rings. The highest BCUT2D eigenvalue weighted by Gasteiger charge is 2.05. The van der Waals surface area contributed by atoms with Crippen LogP contribution in [0.1, 0.15) is 25.3 Å². The third-order valence-corrected chi connectivity index (χ3v) is 3.09. The lowest BCUT2D eigenvalue weighted by Crippen LogP contribution is -2.10. The molecule has 0 aliphatic carbocycles. The van der Waals surface area contributed by atoms with E-state index in [1.165, 1.54) is 9.13 Å². The molecule has 0 aliphatic heterocycles. The number of hydrogen-bond donors (Lipinski definition) is 1. The Labute approximate surface area is 93.3 Å². The van der Waals surface area contributed by atoms with E-state index in [1.807, 2.05) is 12.1 Å². The van der Waals surface area contributed by atoms with E-state index in [-0.39, 0.29) is 6.10 Å². The standard InChI is InChI=1S/C11H15IO/c1-2-5-10(13)8-9-6-3-4-7-11(9)12/h3-4,6-7,10,13H,2,5,8H2,1H3. The summed E-state index contributed by atoms with van der Waals surface area (Å²) in [6.45, 7) is 2.10. The van der Waals surface area contributed by atoms with Gasteiger partial charge in [0, 0.05) is 3.57 Å². The van der Waals surface area contributed by atoms with Crippen LogP contribution in [-0.2, 0) is 6.42 Å². The first-order valence-corrected chi connectivity index (χ1v) is 5.73. The van der Waals surface area contributed by atoms with Crippen molar-refractivity contribution >= 4 is 22.6 Å². The molecule has 1 rings (SSSR count). The van der Waals surface area contributed by atoms with Crippen LogP contribution in [0.5, 0.6) is 0 Å². The number of benzene rings is 1. The van der Waals surface area contributed by atoms with E-state index in [9.17, 15) is 5.11 Å². The first-order valence-electron chi connectivity index (χ1n) is 4.65. The summed E-state index contributed by atoms with van der Waals surface area (Å²) in [7, 11) is 0. The molecule has 1 aromatic rings. The summed E-state index contributed by atoms with van der Waals surface area (Å²) in [5, 5.41) is 9.62. The molecule has 1 aromatic carbocycles. The highest BCUT2D eigenvalue weighted by Crippen LogP contribution is 2.14. The van der Waals surface area contributed by atoms with Gasteiger partial charge < -0.3 is 5.11 Å². The Kier molecular flexibility index (Phi) is 4.73. The van der Waals surface area contributed by atoms with Crippen molar-refractivity contribution in [3.8, 4) is 0 Å². The van der Waals surface area contributed by atoms with E-state index < -0.39 is 0 Å². The molecule has 1 nitrogen and oxygen atoms in total. The molecule has 13 heavy (non-hydrogen) atoms. The smallest absolute Gasteiger partial charge is 0.0580 e. The fourth-order valence-corrected chi connectivity index (χ4v) is 1.96. The van der Waals surface area contributed by atoms with Gasteiger partial charge in [-0.05, 0) is 47.1 Å². The first kappa shape index (κ1) is 11.0. The number of hydrogen-bond acceptors (Lipinski definition) is 1. The molecule has 0 saturated carbocycles. The molecule has 0 amide bonds. The van der Waals surface area contributed by atoms with Gasteiger partial charge in [-0.25, -0.2) is 0 Å². The molecule has 1 atom stereocenters. The SMILES string of the molecule is CCCC(O)Cc1ccccc1I. The van der Waals surface area contributed by atoms with Crippen molar-refractivity contribution in [1.29, 1.82) is 0 Å². The minimum atomic E-state index is -0.180. The van der Waals surface area contributed by atoms with Crippen LogP contribution in [0.25, 0.3) is 0 Å². The van der Waals surface area contributed by atoms with E-state index in [0.29, 0.717) is 0 Å². The number of halogens is 1. The van der Waals surface area contributed by atoms with Crippen molar-refractivity contribution in [3.63, 3.8) is 0 Å². The van der Waals surface area contributed by atoms with Crippen LogP contribution in [0, 0.1) is 3.57 Å². The Bertz CT molecular complexity index is 260. The van der Waals surface area contributed by atoms with Crippen LogP contribution >= 0.6 is 22.6 Å². The highest BCUT2D eigenvalue weighted by molar-refractivity contribution is 14.1. The van der Waals surface area contributed by atoms with Gasteiger partial charge >= 0.3 is 0 Å².